The summed E-state index contributed by atoms with van der Waals surface area (Å²) in [4.78, 5) is 26.8. The maximum atomic E-state index is 12.6. The second-order valence-electron chi connectivity index (χ2n) is 9.66. The predicted octanol–water partition coefficient (Wildman–Crippen LogP) is 3.18. The Morgan fingerprint density at radius 3 is 2.14 bits per heavy atom. The normalized spacial score (nSPS) is 17.1. The van der Waals surface area contributed by atoms with E-state index in [-0.39, 0.29) is 37.2 Å². The van der Waals surface area contributed by atoms with E-state index in [0.29, 0.717) is 19.6 Å². The molecule has 1 N–H and O–H groups in total. The molecule has 3 rings (SSSR count). The molecule has 190 valence electrons. The Morgan fingerprint density at radius 2 is 1.60 bits per heavy atom. The standard InChI is InChI=1S/C27H36N2O6/c1-27(2,3)26(31)35-17-23(28-14-19-6-10-21(32-4)11-7-19)24-16-29(25(30)18-34-24)15-20-8-12-22(33-5)13-9-20/h6-13,23-24,28H,14-18H2,1-5H3/t23-,24+/m1/s1. The smallest absolute Gasteiger partial charge is 0.311 e. The largest absolute Gasteiger partial charge is 0.497 e. The molecule has 2 aromatic carbocycles. The fourth-order valence-electron chi connectivity index (χ4n) is 3.66. The van der Waals surface area contributed by atoms with Gasteiger partial charge in [0.2, 0.25) is 5.91 Å². The van der Waals surface area contributed by atoms with Crippen LogP contribution in [-0.4, -0.2) is 62.9 Å². The molecule has 0 aromatic heterocycles. The quantitative estimate of drug-likeness (QED) is 0.519. The minimum absolute atomic E-state index is 0.0191. The van der Waals surface area contributed by atoms with Crippen LogP contribution in [0.1, 0.15) is 31.9 Å². The van der Waals surface area contributed by atoms with Gasteiger partial charge in [-0.2, -0.15) is 0 Å². The van der Waals surface area contributed by atoms with E-state index in [1.807, 2.05) is 69.3 Å². The Kier molecular flexibility index (Phi) is 9.12. The molecule has 1 aliphatic heterocycles. The van der Waals surface area contributed by atoms with Crippen LogP contribution in [0.15, 0.2) is 48.5 Å². The Balaban J connectivity index is 1.69. The molecule has 1 saturated heterocycles. The van der Waals surface area contributed by atoms with Gasteiger partial charge in [0, 0.05) is 19.6 Å². The van der Waals surface area contributed by atoms with E-state index in [9.17, 15) is 9.59 Å². The van der Waals surface area contributed by atoms with Crippen molar-refractivity contribution in [3.05, 3.63) is 59.7 Å². The maximum Gasteiger partial charge on any atom is 0.311 e. The van der Waals surface area contributed by atoms with E-state index in [1.54, 1.807) is 19.1 Å². The Labute approximate surface area is 207 Å². The monoisotopic (exact) mass is 484 g/mol. The van der Waals surface area contributed by atoms with E-state index in [2.05, 4.69) is 5.32 Å². The lowest BCUT2D eigenvalue weighted by atomic mass is 9.97. The summed E-state index contributed by atoms with van der Waals surface area (Å²) in [7, 11) is 3.25. The summed E-state index contributed by atoms with van der Waals surface area (Å²) < 4.78 is 22.0. The number of carbonyl (C=O) groups is 2. The molecule has 2 atom stereocenters. The SMILES string of the molecule is COc1ccc(CN[C@H](COC(=O)C(C)(C)C)[C@@H]2CN(Cc3ccc(OC)cc3)C(=O)CO2)cc1. The first-order valence-corrected chi connectivity index (χ1v) is 11.8. The van der Waals surface area contributed by atoms with Crippen LogP contribution in [0.3, 0.4) is 0 Å². The zero-order valence-electron chi connectivity index (χ0n) is 21.2. The molecule has 2 aromatic rings. The van der Waals surface area contributed by atoms with Crippen molar-refractivity contribution in [2.75, 3.05) is 34.0 Å². The summed E-state index contributed by atoms with van der Waals surface area (Å²) in [6.45, 7) is 6.99. The van der Waals surface area contributed by atoms with Gasteiger partial charge in [-0.25, -0.2) is 0 Å². The van der Waals surface area contributed by atoms with E-state index >= 15 is 0 Å². The molecular formula is C27H36N2O6. The summed E-state index contributed by atoms with van der Waals surface area (Å²) in [6, 6.07) is 15.1. The second kappa shape index (κ2) is 12.0. The average Bonchev–Trinajstić information content (AvgIpc) is 2.85. The molecule has 1 heterocycles. The zero-order valence-corrected chi connectivity index (χ0v) is 21.2. The van der Waals surface area contributed by atoms with Gasteiger partial charge in [0.15, 0.2) is 0 Å². The number of esters is 1. The van der Waals surface area contributed by atoms with Crippen LogP contribution in [0.2, 0.25) is 0 Å². The summed E-state index contributed by atoms with van der Waals surface area (Å²) in [5.74, 6) is 1.20. The predicted molar refractivity (Wildman–Crippen MR) is 132 cm³/mol. The number of ether oxygens (including phenoxy) is 4. The second-order valence-corrected chi connectivity index (χ2v) is 9.66. The number of carbonyl (C=O) groups excluding carboxylic acids is 2. The summed E-state index contributed by atoms with van der Waals surface area (Å²) in [6.07, 6.45) is -0.336. The summed E-state index contributed by atoms with van der Waals surface area (Å²) in [5, 5.41) is 3.47. The third kappa shape index (κ3) is 7.70. The maximum absolute atomic E-state index is 12.6. The number of methoxy groups -OCH3 is 2. The van der Waals surface area contributed by atoms with Gasteiger partial charge in [-0.1, -0.05) is 24.3 Å². The molecule has 1 aliphatic rings. The van der Waals surface area contributed by atoms with Crippen molar-refractivity contribution >= 4 is 11.9 Å². The van der Waals surface area contributed by atoms with Crippen molar-refractivity contribution < 1.29 is 28.5 Å². The fraction of sp³-hybridized carbons (Fsp3) is 0.481. The van der Waals surface area contributed by atoms with Crippen LogP contribution in [0.4, 0.5) is 0 Å². The van der Waals surface area contributed by atoms with Crippen molar-refractivity contribution in [3.8, 4) is 11.5 Å². The molecular weight excluding hydrogens is 448 g/mol. The van der Waals surface area contributed by atoms with Crippen molar-refractivity contribution in [1.82, 2.24) is 10.2 Å². The van der Waals surface area contributed by atoms with Gasteiger partial charge in [0.25, 0.3) is 0 Å². The number of benzene rings is 2. The molecule has 8 heteroatoms. The molecule has 0 saturated carbocycles. The average molecular weight is 485 g/mol. The highest BCUT2D eigenvalue weighted by Gasteiger charge is 2.33. The van der Waals surface area contributed by atoms with Crippen LogP contribution in [-0.2, 0) is 32.2 Å². The highest BCUT2D eigenvalue weighted by molar-refractivity contribution is 5.78. The Hall–Kier alpha value is -3.10. The molecule has 0 bridgehead atoms. The first-order valence-electron chi connectivity index (χ1n) is 11.8. The lowest BCUT2D eigenvalue weighted by Gasteiger charge is -2.37. The van der Waals surface area contributed by atoms with Crippen LogP contribution < -0.4 is 14.8 Å². The van der Waals surface area contributed by atoms with Crippen molar-refractivity contribution in [3.63, 3.8) is 0 Å². The Bertz CT molecular complexity index is 969. The van der Waals surface area contributed by atoms with E-state index in [1.165, 1.54) is 0 Å². The number of nitrogens with one attached hydrogen (secondary N) is 1. The van der Waals surface area contributed by atoms with Gasteiger partial charge in [-0.05, 0) is 56.2 Å². The topological polar surface area (TPSA) is 86.3 Å². The van der Waals surface area contributed by atoms with Crippen LogP contribution in [0, 0.1) is 5.41 Å². The van der Waals surface area contributed by atoms with E-state index in [0.717, 1.165) is 22.6 Å². The third-order valence-electron chi connectivity index (χ3n) is 5.89. The third-order valence-corrected chi connectivity index (χ3v) is 5.89. The number of nitrogens with zero attached hydrogens (tertiary/aromatic N) is 1. The van der Waals surface area contributed by atoms with Crippen molar-refractivity contribution in [1.29, 1.82) is 0 Å². The van der Waals surface area contributed by atoms with E-state index < -0.39 is 5.41 Å². The molecule has 0 radical (unpaired) electrons. The number of hydrogen-bond acceptors (Lipinski definition) is 7. The highest BCUT2D eigenvalue weighted by Crippen LogP contribution is 2.20. The number of amides is 1. The lowest BCUT2D eigenvalue weighted by Crippen LogP contribution is -2.55. The molecule has 1 fully saturated rings. The first-order chi connectivity index (χ1) is 16.7. The van der Waals surface area contributed by atoms with Gasteiger partial charge in [0.05, 0.1) is 31.8 Å². The van der Waals surface area contributed by atoms with Crippen molar-refractivity contribution in [2.45, 2.75) is 46.0 Å². The molecule has 1 amide bonds. The number of hydrogen-bond donors (Lipinski definition) is 1. The minimum atomic E-state index is -0.607. The molecule has 8 nitrogen and oxygen atoms in total. The minimum Gasteiger partial charge on any atom is -0.497 e. The Morgan fingerprint density at radius 1 is 1.03 bits per heavy atom. The van der Waals surface area contributed by atoms with E-state index in [4.69, 9.17) is 18.9 Å². The van der Waals surface area contributed by atoms with Crippen molar-refractivity contribution in [2.24, 2.45) is 5.41 Å². The summed E-state index contributed by atoms with van der Waals surface area (Å²) in [5.41, 5.74) is 1.45. The summed E-state index contributed by atoms with van der Waals surface area (Å²) >= 11 is 0. The molecule has 35 heavy (non-hydrogen) atoms. The molecule has 0 unspecified atom stereocenters. The van der Waals surface area contributed by atoms with Crippen LogP contribution in [0.25, 0.3) is 0 Å². The van der Waals surface area contributed by atoms with Gasteiger partial charge in [-0.3, -0.25) is 9.59 Å². The van der Waals surface area contributed by atoms with Gasteiger partial charge in [-0.15, -0.1) is 0 Å². The molecule has 0 aliphatic carbocycles. The fourth-order valence-corrected chi connectivity index (χ4v) is 3.66. The van der Waals surface area contributed by atoms with Crippen LogP contribution >= 0.6 is 0 Å². The zero-order chi connectivity index (χ0) is 25.4. The highest BCUT2D eigenvalue weighted by atomic mass is 16.5. The molecule has 0 spiro atoms. The first kappa shape index (κ1) is 26.5. The van der Waals surface area contributed by atoms with Gasteiger partial charge in [0.1, 0.15) is 24.7 Å². The number of morpholine rings is 1. The van der Waals surface area contributed by atoms with Crippen LogP contribution in [0.5, 0.6) is 11.5 Å². The van der Waals surface area contributed by atoms with Gasteiger partial charge < -0.3 is 29.2 Å². The number of rotatable bonds is 10. The van der Waals surface area contributed by atoms with Gasteiger partial charge >= 0.3 is 5.97 Å². The lowest BCUT2D eigenvalue weighted by molar-refractivity contribution is -0.160.